The van der Waals surface area contributed by atoms with Crippen LogP contribution < -0.4 is 0 Å². The monoisotopic (exact) mass is 212 g/mol. The second kappa shape index (κ2) is 5.64. The zero-order chi connectivity index (χ0) is 11.2. The predicted molar refractivity (Wildman–Crippen MR) is 42.9 cm³/mol. The van der Waals surface area contributed by atoms with Crippen molar-refractivity contribution in [3.8, 4) is 0 Å². The van der Waals surface area contributed by atoms with Crippen LogP contribution in [-0.2, 0) is 9.53 Å². The van der Waals surface area contributed by atoms with Crippen LogP contribution in [0.3, 0.4) is 0 Å². The first kappa shape index (κ1) is 13.0. The fourth-order valence-corrected chi connectivity index (χ4v) is 0.696. The van der Waals surface area contributed by atoms with Gasteiger partial charge in [0.25, 0.3) is 0 Å². The Bertz CT molecular complexity index is 210. The molecule has 0 aliphatic heterocycles. The first-order valence-corrected chi connectivity index (χ1v) is 3.89. The van der Waals surface area contributed by atoms with Gasteiger partial charge in [-0.1, -0.05) is 12.2 Å². The Morgan fingerprint density at radius 1 is 1.57 bits per heavy atom. The maximum Gasteiger partial charge on any atom is 0.415 e. The summed E-state index contributed by atoms with van der Waals surface area (Å²) in [4.78, 5) is 10.1. The van der Waals surface area contributed by atoms with E-state index in [4.69, 9.17) is 5.11 Å². The highest BCUT2D eigenvalue weighted by atomic mass is 19.4. The third-order valence-corrected chi connectivity index (χ3v) is 1.35. The van der Waals surface area contributed by atoms with Crippen molar-refractivity contribution in [2.45, 2.75) is 25.6 Å². The van der Waals surface area contributed by atoms with Crippen molar-refractivity contribution in [1.82, 2.24) is 0 Å². The van der Waals surface area contributed by atoms with E-state index in [1.165, 1.54) is 12.2 Å². The van der Waals surface area contributed by atoms with Crippen LogP contribution >= 0.6 is 0 Å². The van der Waals surface area contributed by atoms with Crippen LogP contribution in [0.25, 0.3) is 0 Å². The van der Waals surface area contributed by atoms with Gasteiger partial charge in [0.15, 0.2) is 6.10 Å². The van der Waals surface area contributed by atoms with Gasteiger partial charge in [0.2, 0.25) is 0 Å². The summed E-state index contributed by atoms with van der Waals surface area (Å²) in [6.07, 6.45) is -5.05. The lowest BCUT2D eigenvalue weighted by atomic mass is 10.2. The molecular weight excluding hydrogens is 201 g/mol. The summed E-state index contributed by atoms with van der Waals surface area (Å²) < 4.78 is 40.7. The first-order valence-electron chi connectivity index (χ1n) is 3.89. The van der Waals surface area contributed by atoms with Crippen LogP contribution in [0.2, 0.25) is 0 Å². The summed E-state index contributed by atoms with van der Waals surface area (Å²) in [5, 5.41) is 8.21. The number of hydrogen-bond acceptors (Lipinski definition) is 2. The van der Waals surface area contributed by atoms with Gasteiger partial charge < -0.3 is 9.84 Å². The van der Waals surface area contributed by atoms with Crippen LogP contribution in [0.15, 0.2) is 12.2 Å². The molecule has 1 atom stereocenters. The highest BCUT2D eigenvalue weighted by Crippen LogP contribution is 2.25. The molecule has 0 spiro atoms. The predicted octanol–water partition coefficient (Wildman–Crippen LogP) is 1.98. The highest BCUT2D eigenvalue weighted by molar-refractivity contribution is 5.67. The molecule has 0 saturated carbocycles. The number of ether oxygens (including phenoxy) is 1. The molecule has 0 heterocycles. The number of aliphatic carboxylic acids is 1. The van der Waals surface area contributed by atoms with E-state index in [9.17, 15) is 18.0 Å². The van der Waals surface area contributed by atoms with Crippen molar-refractivity contribution in [3.05, 3.63) is 12.2 Å². The van der Waals surface area contributed by atoms with Gasteiger partial charge in [-0.3, -0.25) is 4.79 Å². The molecule has 0 aromatic carbocycles. The summed E-state index contributed by atoms with van der Waals surface area (Å²) in [6.45, 7) is 1.39. The van der Waals surface area contributed by atoms with Gasteiger partial charge in [0, 0.05) is 0 Å². The minimum atomic E-state index is -4.64. The van der Waals surface area contributed by atoms with Crippen molar-refractivity contribution in [3.63, 3.8) is 0 Å². The number of rotatable bonds is 5. The van der Waals surface area contributed by atoms with Crippen molar-refractivity contribution in [2.75, 3.05) is 6.61 Å². The van der Waals surface area contributed by atoms with Crippen LogP contribution in [0.5, 0.6) is 0 Å². The van der Waals surface area contributed by atoms with Gasteiger partial charge >= 0.3 is 12.1 Å². The zero-order valence-electron chi connectivity index (χ0n) is 7.54. The van der Waals surface area contributed by atoms with E-state index in [1.807, 2.05) is 0 Å². The van der Waals surface area contributed by atoms with Crippen LogP contribution in [-0.4, -0.2) is 30.0 Å². The topological polar surface area (TPSA) is 46.5 Å². The van der Waals surface area contributed by atoms with E-state index in [0.29, 0.717) is 0 Å². The van der Waals surface area contributed by atoms with E-state index >= 15 is 0 Å². The molecule has 0 aliphatic rings. The van der Waals surface area contributed by atoms with Crippen molar-refractivity contribution in [1.29, 1.82) is 0 Å². The molecule has 0 bridgehead atoms. The molecule has 0 aliphatic carbocycles. The van der Waals surface area contributed by atoms with E-state index in [1.54, 1.807) is 6.92 Å². The Kier molecular flexibility index (Phi) is 5.22. The van der Waals surface area contributed by atoms with Gasteiger partial charge in [-0.05, 0) is 6.92 Å². The Balaban J connectivity index is 4.18. The minimum absolute atomic E-state index is 0.242. The Hall–Kier alpha value is -1.04. The summed E-state index contributed by atoms with van der Waals surface area (Å²) in [6, 6.07) is 0. The number of halogens is 3. The average molecular weight is 212 g/mol. The quantitative estimate of drug-likeness (QED) is 0.709. The molecule has 82 valence electrons. The standard InChI is InChI=1S/C8H11F3O3/c1-2-3-4-14-6(5-7(12)13)8(9,10)11/h2-3,6H,4-5H2,1H3,(H,12,13). The highest BCUT2D eigenvalue weighted by Gasteiger charge is 2.41. The second-order valence-electron chi connectivity index (χ2n) is 2.53. The van der Waals surface area contributed by atoms with Gasteiger partial charge in [0.05, 0.1) is 13.0 Å². The maximum atomic E-state index is 12.1. The third kappa shape index (κ3) is 5.58. The van der Waals surface area contributed by atoms with Crippen molar-refractivity contribution >= 4 is 5.97 Å². The van der Waals surface area contributed by atoms with Gasteiger partial charge in [-0.25, -0.2) is 0 Å². The molecule has 1 N–H and O–H groups in total. The second-order valence-corrected chi connectivity index (χ2v) is 2.53. The first-order chi connectivity index (χ1) is 6.38. The van der Waals surface area contributed by atoms with Crippen LogP contribution in [0.1, 0.15) is 13.3 Å². The lowest BCUT2D eigenvalue weighted by molar-refractivity contribution is -0.221. The van der Waals surface area contributed by atoms with Gasteiger partial charge in [-0.15, -0.1) is 0 Å². The summed E-state index contributed by atoms with van der Waals surface area (Å²) in [5.74, 6) is -1.53. The molecule has 0 amide bonds. The number of carboxylic acid groups (broad SMARTS) is 1. The van der Waals surface area contributed by atoms with Crippen molar-refractivity contribution in [2.24, 2.45) is 0 Å². The van der Waals surface area contributed by atoms with Gasteiger partial charge in [0.1, 0.15) is 0 Å². The molecule has 6 heteroatoms. The van der Waals surface area contributed by atoms with Crippen LogP contribution in [0, 0.1) is 0 Å². The lowest BCUT2D eigenvalue weighted by Crippen LogP contribution is -2.34. The largest absolute Gasteiger partial charge is 0.481 e. The fraction of sp³-hybridized carbons (Fsp3) is 0.625. The smallest absolute Gasteiger partial charge is 0.415 e. The van der Waals surface area contributed by atoms with E-state index < -0.39 is 24.7 Å². The summed E-state index contributed by atoms with van der Waals surface area (Å²) in [5.41, 5.74) is 0. The van der Waals surface area contributed by atoms with Crippen molar-refractivity contribution < 1.29 is 27.8 Å². The van der Waals surface area contributed by atoms with Crippen LogP contribution in [0.4, 0.5) is 13.2 Å². The number of carboxylic acids is 1. The summed E-state index contributed by atoms with van der Waals surface area (Å²) >= 11 is 0. The lowest BCUT2D eigenvalue weighted by Gasteiger charge is -2.17. The van der Waals surface area contributed by atoms with E-state index in [-0.39, 0.29) is 6.61 Å². The maximum absolute atomic E-state index is 12.1. The molecule has 0 rings (SSSR count). The Morgan fingerprint density at radius 3 is 2.50 bits per heavy atom. The Morgan fingerprint density at radius 2 is 2.14 bits per heavy atom. The molecular formula is C8H11F3O3. The summed E-state index contributed by atoms with van der Waals surface area (Å²) in [7, 11) is 0. The normalized spacial score (nSPS) is 14.6. The molecule has 0 fully saturated rings. The fourth-order valence-electron chi connectivity index (χ4n) is 0.696. The number of allylic oxidation sites excluding steroid dienone is 1. The van der Waals surface area contributed by atoms with Gasteiger partial charge in [-0.2, -0.15) is 13.2 Å². The molecule has 0 aromatic heterocycles. The zero-order valence-corrected chi connectivity index (χ0v) is 7.54. The molecule has 14 heavy (non-hydrogen) atoms. The molecule has 0 aromatic rings. The number of carbonyl (C=O) groups is 1. The molecule has 0 radical (unpaired) electrons. The average Bonchev–Trinajstić information content (AvgIpc) is 2.00. The minimum Gasteiger partial charge on any atom is -0.481 e. The number of alkyl halides is 3. The Labute approximate surface area is 79.2 Å². The SMILES string of the molecule is CC=CCOC(CC(=O)O)C(F)(F)F. The molecule has 0 saturated heterocycles. The van der Waals surface area contributed by atoms with E-state index in [2.05, 4.69) is 4.74 Å². The third-order valence-electron chi connectivity index (χ3n) is 1.35. The van der Waals surface area contributed by atoms with E-state index in [0.717, 1.165) is 0 Å². The molecule has 3 nitrogen and oxygen atoms in total. The number of hydrogen-bond donors (Lipinski definition) is 1. The molecule has 1 unspecified atom stereocenters.